The van der Waals surface area contributed by atoms with Gasteiger partial charge in [-0.3, -0.25) is 9.10 Å². The third-order valence-corrected chi connectivity index (χ3v) is 7.83. The number of fused-ring (bicyclic) bond motifs is 1. The lowest BCUT2D eigenvalue weighted by molar-refractivity contribution is -0.138. The molecule has 0 saturated heterocycles. The fraction of sp³-hybridized carbons (Fsp3) is 0.214. The van der Waals surface area contributed by atoms with Crippen LogP contribution >= 0.6 is 0 Å². The van der Waals surface area contributed by atoms with Gasteiger partial charge in [-0.25, -0.2) is 13.2 Å². The van der Waals surface area contributed by atoms with Crippen molar-refractivity contribution in [1.29, 1.82) is 0 Å². The van der Waals surface area contributed by atoms with Gasteiger partial charge in [0.2, 0.25) is 0 Å². The first kappa shape index (κ1) is 24.4. The second-order valence-corrected chi connectivity index (χ2v) is 10.3. The molecule has 0 saturated carbocycles. The van der Waals surface area contributed by atoms with E-state index in [1.165, 1.54) is 11.2 Å². The van der Waals surface area contributed by atoms with Crippen molar-refractivity contribution in [3.05, 3.63) is 101 Å². The number of carbonyl (C=O) groups is 2. The molecule has 1 atom stereocenters. The van der Waals surface area contributed by atoms with E-state index < -0.39 is 22.0 Å². The number of ketones is 1. The van der Waals surface area contributed by atoms with Crippen LogP contribution < -0.4 is 4.31 Å². The highest BCUT2D eigenvalue weighted by atomic mass is 32.2. The Hall–Kier alpha value is -3.71. The van der Waals surface area contributed by atoms with E-state index in [2.05, 4.69) is 0 Å². The number of carbonyl (C=O) groups excluding carboxylic acids is 2. The number of hydrogen-bond donors (Lipinski definition) is 0. The molecule has 3 aromatic carbocycles. The maximum Gasteiger partial charge on any atom is 0.336 e. The predicted molar refractivity (Wildman–Crippen MR) is 136 cm³/mol. The molecule has 1 aliphatic rings. The monoisotopic (exact) mass is 489 g/mol. The number of benzene rings is 3. The third-order valence-electron chi connectivity index (χ3n) is 5.99. The van der Waals surface area contributed by atoms with Crippen molar-refractivity contribution in [3.8, 4) is 0 Å². The molecule has 0 fully saturated rings. The molecule has 0 aromatic heterocycles. The highest BCUT2D eigenvalue weighted by Crippen LogP contribution is 2.40. The summed E-state index contributed by atoms with van der Waals surface area (Å²) in [5.41, 5.74) is 3.54. The summed E-state index contributed by atoms with van der Waals surface area (Å²) in [6.45, 7) is 5.22. The lowest BCUT2D eigenvalue weighted by Crippen LogP contribution is -2.41. The maximum atomic E-state index is 14.0. The van der Waals surface area contributed by atoms with Crippen LogP contribution in [-0.2, 0) is 26.0 Å². The van der Waals surface area contributed by atoms with E-state index in [1.807, 2.05) is 37.3 Å². The van der Waals surface area contributed by atoms with Gasteiger partial charge in [0.25, 0.3) is 10.0 Å². The summed E-state index contributed by atoms with van der Waals surface area (Å²) in [6, 6.07) is 20.0. The van der Waals surface area contributed by atoms with Crippen LogP contribution in [0.15, 0.2) is 83.3 Å². The van der Waals surface area contributed by atoms with E-state index in [-0.39, 0.29) is 29.3 Å². The van der Waals surface area contributed by atoms with Crippen LogP contribution in [0.3, 0.4) is 0 Å². The van der Waals surface area contributed by atoms with Crippen LogP contribution in [0.4, 0.5) is 5.69 Å². The van der Waals surface area contributed by atoms with Gasteiger partial charge in [0.1, 0.15) is 0 Å². The standard InChI is InChI=1S/C28H27NO5S/c1-4-34-28(31)25(16-21-8-6-5-7-9-21)27-18-23-17-22(20(3)30)12-15-26(23)29(27)35(32,33)24-13-10-19(2)11-14-24/h5-17,27H,4,18H2,1-3H3/b25-16+/t27-/m1/s1. The number of anilines is 1. The molecule has 1 heterocycles. The number of ether oxygens (including phenoxy) is 1. The zero-order chi connectivity index (χ0) is 25.2. The lowest BCUT2D eigenvalue weighted by Gasteiger charge is -2.28. The minimum Gasteiger partial charge on any atom is -0.463 e. The van der Waals surface area contributed by atoms with E-state index in [0.717, 1.165) is 11.1 Å². The highest BCUT2D eigenvalue weighted by Gasteiger charge is 2.42. The van der Waals surface area contributed by atoms with Gasteiger partial charge in [-0.1, -0.05) is 48.0 Å². The normalized spacial score (nSPS) is 15.6. The van der Waals surface area contributed by atoms with Crippen molar-refractivity contribution in [2.24, 2.45) is 0 Å². The summed E-state index contributed by atoms with van der Waals surface area (Å²) in [6.07, 6.45) is 1.91. The second kappa shape index (κ2) is 9.88. The Kier molecular flexibility index (Phi) is 6.89. The number of Topliss-reactive ketones (excluding diaryl/α,β-unsaturated/α-hetero) is 1. The average Bonchev–Trinajstić information content (AvgIpc) is 3.22. The van der Waals surface area contributed by atoms with E-state index in [0.29, 0.717) is 16.8 Å². The molecule has 0 bridgehead atoms. The topological polar surface area (TPSA) is 80.8 Å². The first-order valence-electron chi connectivity index (χ1n) is 11.4. The molecule has 0 N–H and O–H groups in total. The van der Waals surface area contributed by atoms with Gasteiger partial charge in [-0.05, 0) is 68.3 Å². The van der Waals surface area contributed by atoms with Crippen LogP contribution in [-0.4, -0.2) is 32.8 Å². The molecule has 0 spiro atoms. The minimum absolute atomic E-state index is 0.116. The van der Waals surface area contributed by atoms with Gasteiger partial charge in [0, 0.05) is 12.0 Å². The molecular weight excluding hydrogens is 462 g/mol. The Morgan fingerprint density at radius 2 is 1.71 bits per heavy atom. The van der Waals surface area contributed by atoms with E-state index >= 15 is 0 Å². The molecule has 6 nitrogen and oxygen atoms in total. The van der Waals surface area contributed by atoms with Crippen LogP contribution in [0.25, 0.3) is 6.08 Å². The Morgan fingerprint density at radius 3 is 2.34 bits per heavy atom. The predicted octanol–water partition coefficient (Wildman–Crippen LogP) is 4.96. The highest BCUT2D eigenvalue weighted by molar-refractivity contribution is 7.93. The second-order valence-electron chi connectivity index (χ2n) is 8.46. The van der Waals surface area contributed by atoms with Crippen LogP contribution in [0.1, 0.15) is 40.9 Å². The van der Waals surface area contributed by atoms with Crippen molar-refractivity contribution in [1.82, 2.24) is 0 Å². The van der Waals surface area contributed by atoms with Crippen LogP contribution in [0, 0.1) is 6.92 Å². The minimum atomic E-state index is -4.04. The van der Waals surface area contributed by atoms with Gasteiger partial charge in [0.15, 0.2) is 5.78 Å². The fourth-order valence-electron chi connectivity index (χ4n) is 4.23. The van der Waals surface area contributed by atoms with Gasteiger partial charge in [-0.2, -0.15) is 0 Å². The molecule has 0 aliphatic carbocycles. The summed E-state index contributed by atoms with van der Waals surface area (Å²) < 4.78 is 34.6. The van der Waals surface area contributed by atoms with Crippen molar-refractivity contribution in [2.45, 2.75) is 38.1 Å². The molecule has 3 aromatic rings. The molecule has 35 heavy (non-hydrogen) atoms. The Bertz CT molecular complexity index is 1390. The van der Waals surface area contributed by atoms with Gasteiger partial charge in [0.05, 0.1) is 28.8 Å². The zero-order valence-electron chi connectivity index (χ0n) is 19.9. The smallest absolute Gasteiger partial charge is 0.336 e. The molecule has 0 unspecified atom stereocenters. The zero-order valence-corrected chi connectivity index (χ0v) is 20.7. The summed E-state index contributed by atoms with van der Waals surface area (Å²) in [7, 11) is -4.04. The lowest BCUT2D eigenvalue weighted by atomic mass is 9.99. The first-order chi connectivity index (χ1) is 16.7. The number of nitrogens with zero attached hydrogens (tertiary/aromatic N) is 1. The Labute approximate surface area is 205 Å². The van der Waals surface area contributed by atoms with Crippen LogP contribution in [0.2, 0.25) is 0 Å². The molecule has 0 amide bonds. The Morgan fingerprint density at radius 1 is 1.03 bits per heavy atom. The van der Waals surface area contributed by atoms with E-state index in [9.17, 15) is 18.0 Å². The maximum absolute atomic E-state index is 14.0. The average molecular weight is 490 g/mol. The van der Waals surface area contributed by atoms with Gasteiger partial charge < -0.3 is 4.74 Å². The van der Waals surface area contributed by atoms with Crippen molar-refractivity contribution >= 4 is 33.5 Å². The number of sulfonamides is 1. The van der Waals surface area contributed by atoms with Crippen molar-refractivity contribution in [3.63, 3.8) is 0 Å². The molecule has 7 heteroatoms. The molecule has 0 radical (unpaired) electrons. The molecule has 1 aliphatic heterocycles. The van der Waals surface area contributed by atoms with E-state index in [1.54, 1.807) is 55.5 Å². The Balaban J connectivity index is 1.91. The number of rotatable bonds is 7. The summed E-state index contributed by atoms with van der Waals surface area (Å²) in [5.74, 6) is -0.695. The van der Waals surface area contributed by atoms with Gasteiger partial charge in [-0.15, -0.1) is 0 Å². The molecule has 180 valence electrons. The van der Waals surface area contributed by atoms with Gasteiger partial charge >= 0.3 is 5.97 Å². The summed E-state index contributed by atoms with van der Waals surface area (Å²) >= 11 is 0. The first-order valence-corrected chi connectivity index (χ1v) is 12.8. The quantitative estimate of drug-likeness (QED) is 0.266. The van der Waals surface area contributed by atoms with Crippen molar-refractivity contribution < 1.29 is 22.7 Å². The van der Waals surface area contributed by atoms with E-state index in [4.69, 9.17) is 4.74 Å². The number of hydrogen-bond acceptors (Lipinski definition) is 5. The number of esters is 1. The summed E-state index contributed by atoms with van der Waals surface area (Å²) in [5, 5.41) is 0. The largest absolute Gasteiger partial charge is 0.463 e. The number of aryl methyl sites for hydroxylation is 1. The molecular formula is C28H27NO5S. The summed E-state index contributed by atoms with van der Waals surface area (Å²) in [4.78, 5) is 25.3. The third kappa shape index (κ3) is 4.91. The van der Waals surface area contributed by atoms with Crippen LogP contribution in [0.5, 0.6) is 0 Å². The molecule has 4 rings (SSSR count). The van der Waals surface area contributed by atoms with Crippen molar-refractivity contribution in [2.75, 3.05) is 10.9 Å². The fourth-order valence-corrected chi connectivity index (χ4v) is 5.90. The SMILES string of the molecule is CCOC(=O)/C(=C/c1ccccc1)[C@H]1Cc2cc(C(C)=O)ccc2N1S(=O)(=O)c1ccc(C)cc1.